The van der Waals surface area contributed by atoms with Crippen LogP contribution in [0, 0.1) is 23.7 Å². The summed E-state index contributed by atoms with van der Waals surface area (Å²) in [5.41, 5.74) is -0.685. The van der Waals surface area contributed by atoms with Crippen LogP contribution in [0.15, 0.2) is 85.1 Å². The molecule has 6 atom stereocenters. The number of aliphatic hydroxyl groups excluding tert-OH is 1. The number of carbonyl (C=O) groups is 3. The second kappa shape index (κ2) is 14.4. The zero-order chi connectivity index (χ0) is 31.0. The lowest BCUT2D eigenvalue weighted by Gasteiger charge is -2.39. The fraction of sp³-hybridized carbons (Fsp3) is 0.452. The van der Waals surface area contributed by atoms with E-state index < -0.39 is 59.8 Å². The number of esters is 3. The maximum atomic E-state index is 14.5. The molecular formula is C31H35F3O8. The molecule has 0 heterocycles. The van der Waals surface area contributed by atoms with E-state index in [9.17, 15) is 32.7 Å². The average molecular weight is 593 g/mol. The number of hydrogen-bond donors (Lipinski definition) is 1. The van der Waals surface area contributed by atoms with Gasteiger partial charge in [0.15, 0.2) is 11.9 Å². The zero-order valence-electron chi connectivity index (χ0n) is 23.3. The van der Waals surface area contributed by atoms with E-state index in [-0.39, 0.29) is 48.9 Å². The molecule has 0 spiro atoms. The monoisotopic (exact) mass is 592 g/mol. The topological polar surface area (TPSA) is 108 Å². The van der Waals surface area contributed by atoms with Crippen molar-refractivity contribution in [3.63, 3.8) is 0 Å². The Kier molecular flexibility index (Phi) is 11.2. The smallest absolute Gasteiger partial charge is 0.412 e. The van der Waals surface area contributed by atoms with Crippen LogP contribution in [0.25, 0.3) is 0 Å². The summed E-state index contributed by atoms with van der Waals surface area (Å²) in [6.45, 7) is 11.7. The van der Waals surface area contributed by atoms with Crippen molar-refractivity contribution in [2.75, 3.05) is 0 Å². The highest BCUT2D eigenvalue weighted by Crippen LogP contribution is 2.48. The molecule has 0 amide bonds. The lowest BCUT2D eigenvalue weighted by Crippen LogP contribution is -2.35. The number of rotatable bonds is 11. The Balaban J connectivity index is 1.87. The highest BCUT2D eigenvalue weighted by atomic mass is 19.4. The Morgan fingerprint density at radius 2 is 1.81 bits per heavy atom. The maximum absolute atomic E-state index is 14.5. The molecule has 5 unspecified atom stereocenters. The number of carbonyl (C=O) groups excluding carboxylic acids is 3. The number of alkyl halides is 3. The van der Waals surface area contributed by atoms with Gasteiger partial charge in [-0.3, -0.25) is 4.79 Å². The van der Waals surface area contributed by atoms with Gasteiger partial charge in [0, 0.05) is 30.6 Å². The van der Waals surface area contributed by atoms with Gasteiger partial charge in [0.05, 0.1) is 0 Å². The molecule has 0 radical (unpaired) electrons. The summed E-state index contributed by atoms with van der Waals surface area (Å²) in [5.74, 6) is -4.24. The van der Waals surface area contributed by atoms with E-state index in [4.69, 9.17) is 18.9 Å². The van der Waals surface area contributed by atoms with E-state index in [1.54, 1.807) is 19.1 Å². The highest BCUT2D eigenvalue weighted by Gasteiger charge is 2.46. The third-order valence-corrected chi connectivity index (χ3v) is 7.49. The van der Waals surface area contributed by atoms with Gasteiger partial charge >= 0.3 is 24.1 Å². The Bertz CT molecular complexity index is 1210. The number of aliphatic hydroxyl groups is 1. The van der Waals surface area contributed by atoms with Crippen LogP contribution in [0.4, 0.5) is 13.2 Å². The van der Waals surface area contributed by atoms with Crippen LogP contribution < -0.4 is 0 Å². The van der Waals surface area contributed by atoms with Crippen LogP contribution in [0.2, 0.25) is 0 Å². The predicted molar refractivity (Wildman–Crippen MR) is 145 cm³/mol. The Hall–Kier alpha value is -3.86. The van der Waals surface area contributed by atoms with Crippen molar-refractivity contribution < 1.29 is 51.6 Å². The van der Waals surface area contributed by atoms with E-state index in [1.165, 1.54) is 12.2 Å². The minimum absolute atomic E-state index is 0.0206. The van der Waals surface area contributed by atoms with Crippen LogP contribution >= 0.6 is 0 Å². The normalized spacial score (nSPS) is 26.6. The molecule has 3 rings (SSSR count). The molecule has 0 aromatic rings. The van der Waals surface area contributed by atoms with Crippen LogP contribution in [0.5, 0.6) is 0 Å². The van der Waals surface area contributed by atoms with Crippen LogP contribution in [0.1, 0.15) is 45.4 Å². The molecule has 228 valence electrons. The van der Waals surface area contributed by atoms with Gasteiger partial charge < -0.3 is 24.1 Å². The standard InChI is InChI=1S/C31H35F3O8/c1-5-27(35)39-23-13-10-19(16-25(23)41-29(37)7-3)18-9-12-21(22(15-18)31(32,33)34)20-11-14-24(40-28(36)6-2)26(17-20)42-30(38)8-4/h6-8,11,13-15,18-21,25,30,38H,2-5,9-10,12,16-17H2,1H3/t18-,19?,20?,21?,25?,30?/m1/s1. The first kappa shape index (κ1) is 32.7. The molecule has 11 heteroatoms. The van der Waals surface area contributed by atoms with Crippen LogP contribution in [0.3, 0.4) is 0 Å². The minimum Gasteiger partial charge on any atom is -0.462 e. The summed E-state index contributed by atoms with van der Waals surface area (Å²) in [5, 5.41) is 9.93. The van der Waals surface area contributed by atoms with Crippen molar-refractivity contribution >= 4 is 17.9 Å². The van der Waals surface area contributed by atoms with E-state index in [0.717, 1.165) is 18.2 Å². The van der Waals surface area contributed by atoms with Crippen molar-refractivity contribution in [3.8, 4) is 0 Å². The van der Waals surface area contributed by atoms with Crippen molar-refractivity contribution in [1.29, 1.82) is 0 Å². The lowest BCUT2D eigenvalue weighted by atomic mass is 9.68. The van der Waals surface area contributed by atoms with E-state index in [0.29, 0.717) is 12.8 Å². The van der Waals surface area contributed by atoms with E-state index in [2.05, 4.69) is 19.7 Å². The van der Waals surface area contributed by atoms with E-state index in [1.807, 2.05) is 0 Å². The summed E-state index contributed by atoms with van der Waals surface area (Å²) in [7, 11) is 0. The summed E-state index contributed by atoms with van der Waals surface area (Å²) in [6, 6.07) is 0. The fourth-order valence-electron chi connectivity index (χ4n) is 5.43. The second-order valence-electron chi connectivity index (χ2n) is 10.1. The van der Waals surface area contributed by atoms with Gasteiger partial charge in [-0.2, -0.15) is 13.2 Å². The Morgan fingerprint density at radius 1 is 1.10 bits per heavy atom. The highest BCUT2D eigenvalue weighted by molar-refractivity contribution is 5.82. The summed E-state index contributed by atoms with van der Waals surface area (Å²) in [4.78, 5) is 35.6. The van der Waals surface area contributed by atoms with Gasteiger partial charge in [0.1, 0.15) is 11.5 Å². The van der Waals surface area contributed by atoms with Gasteiger partial charge in [-0.15, -0.1) is 0 Å². The Morgan fingerprint density at radius 3 is 2.43 bits per heavy atom. The third-order valence-electron chi connectivity index (χ3n) is 7.49. The van der Waals surface area contributed by atoms with Crippen molar-refractivity contribution in [1.82, 2.24) is 0 Å². The summed E-state index contributed by atoms with van der Waals surface area (Å²) < 4.78 is 64.7. The van der Waals surface area contributed by atoms with Gasteiger partial charge in [-0.25, -0.2) is 9.59 Å². The zero-order valence-corrected chi connectivity index (χ0v) is 23.3. The van der Waals surface area contributed by atoms with Crippen molar-refractivity contribution in [2.24, 2.45) is 23.7 Å². The molecule has 42 heavy (non-hydrogen) atoms. The molecule has 0 fully saturated rings. The number of ether oxygens (including phenoxy) is 4. The molecule has 0 saturated carbocycles. The Labute approximate surface area is 242 Å². The molecule has 8 nitrogen and oxygen atoms in total. The van der Waals surface area contributed by atoms with Crippen LogP contribution in [-0.2, 0) is 33.3 Å². The molecule has 0 aliphatic heterocycles. The van der Waals surface area contributed by atoms with E-state index >= 15 is 0 Å². The number of hydrogen-bond acceptors (Lipinski definition) is 8. The average Bonchev–Trinajstić information content (AvgIpc) is 2.97. The molecule has 3 aliphatic rings. The van der Waals surface area contributed by atoms with Gasteiger partial charge in [-0.05, 0) is 67.6 Å². The number of halogens is 3. The fourth-order valence-corrected chi connectivity index (χ4v) is 5.43. The summed E-state index contributed by atoms with van der Waals surface area (Å²) in [6.07, 6.45) is 2.94. The third kappa shape index (κ3) is 8.34. The first-order valence-electron chi connectivity index (χ1n) is 13.7. The molecular weight excluding hydrogens is 557 g/mol. The van der Waals surface area contributed by atoms with Gasteiger partial charge in [-0.1, -0.05) is 38.8 Å². The quantitative estimate of drug-likeness (QED) is 0.104. The SMILES string of the molecule is C=CC(=O)OC1=C(OC(O)C=C)CC(C2CC[C@@H](C3CC=C(OC(=O)CC)C(OC(=O)C=C)C3)C=C2C(F)(F)F)C=C1. The predicted octanol–water partition coefficient (Wildman–Crippen LogP) is 5.88. The van der Waals surface area contributed by atoms with Crippen molar-refractivity contribution in [3.05, 3.63) is 85.1 Å². The van der Waals surface area contributed by atoms with Crippen molar-refractivity contribution in [2.45, 2.75) is 64.0 Å². The van der Waals surface area contributed by atoms with Gasteiger partial charge in [0.2, 0.25) is 6.29 Å². The second-order valence-corrected chi connectivity index (χ2v) is 10.1. The minimum atomic E-state index is -4.63. The molecule has 0 aromatic carbocycles. The number of allylic oxidation sites excluding steroid dienone is 6. The van der Waals surface area contributed by atoms with Gasteiger partial charge in [0.25, 0.3) is 0 Å². The largest absolute Gasteiger partial charge is 0.462 e. The molecule has 0 bridgehead atoms. The molecule has 0 aromatic heterocycles. The molecule has 0 saturated heterocycles. The first-order chi connectivity index (χ1) is 19.9. The molecule has 1 N–H and O–H groups in total. The molecule has 3 aliphatic carbocycles. The summed E-state index contributed by atoms with van der Waals surface area (Å²) >= 11 is 0. The maximum Gasteiger partial charge on any atom is 0.412 e. The lowest BCUT2D eigenvalue weighted by molar-refractivity contribution is -0.150. The first-order valence-corrected chi connectivity index (χ1v) is 13.7. The van der Waals surface area contributed by atoms with Crippen LogP contribution in [-0.4, -0.2) is 41.6 Å².